The number of carboxylic acid groups (broad SMARTS) is 1. The van der Waals surface area contributed by atoms with Crippen molar-refractivity contribution < 1.29 is 14.7 Å². The molecule has 2 heterocycles. The molecule has 1 aromatic heterocycles. The summed E-state index contributed by atoms with van der Waals surface area (Å²) in [5, 5.41) is 26.3. The average molecular weight is 821 g/mol. The van der Waals surface area contributed by atoms with Crippen LogP contribution in [-0.4, -0.2) is 54.8 Å². The number of unbranched alkanes of at least 4 members (excludes halogenated alkanes) is 11. The lowest BCUT2D eigenvalue weighted by Crippen LogP contribution is -2.36. The third kappa shape index (κ3) is 11.2. The van der Waals surface area contributed by atoms with E-state index >= 15 is 0 Å². The largest absolute Gasteiger partial charge is 0.478 e. The summed E-state index contributed by atoms with van der Waals surface area (Å²) in [5.41, 5.74) is 4.96. The van der Waals surface area contributed by atoms with Crippen molar-refractivity contribution in [3.05, 3.63) is 80.3 Å². The van der Waals surface area contributed by atoms with Crippen LogP contribution in [0.1, 0.15) is 94.3 Å². The quantitative estimate of drug-likeness (QED) is 0.0744. The first-order valence-electron chi connectivity index (χ1n) is 17.8. The van der Waals surface area contributed by atoms with Crippen LogP contribution in [0.25, 0.3) is 5.69 Å². The number of amidine groups is 1. The first kappa shape index (κ1) is 40.6. The molecule has 0 bridgehead atoms. The van der Waals surface area contributed by atoms with Gasteiger partial charge in [-0.15, -0.1) is 5.10 Å². The smallest absolute Gasteiger partial charge is 0.335 e. The number of thioether (sulfide) groups is 1. The molecule has 0 spiro atoms. The molecular formula is C37H42Cl4N8O3S. The van der Waals surface area contributed by atoms with Crippen LogP contribution < -0.4 is 15.8 Å². The van der Waals surface area contributed by atoms with E-state index in [4.69, 9.17) is 51.4 Å². The Kier molecular flexibility index (Phi) is 15.5. The molecule has 1 amide bonds. The molecule has 3 aromatic carbocycles. The minimum Gasteiger partial charge on any atom is -0.478 e. The normalized spacial score (nSPS) is 15.0. The van der Waals surface area contributed by atoms with Crippen LogP contribution in [0.15, 0.2) is 64.7 Å². The van der Waals surface area contributed by atoms with Gasteiger partial charge in [0.2, 0.25) is 5.16 Å². The highest BCUT2D eigenvalue weighted by molar-refractivity contribution is 8.01. The Balaban J connectivity index is 1.29. The lowest BCUT2D eigenvalue weighted by molar-refractivity contribution is -0.116. The van der Waals surface area contributed by atoms with E-state index in [0.29, 0.717) is 21.4 Å². The second-order valence-corrected chi connectivity index (χ2v) is 15.4. The monoisotopic (exact) mass is 818 g/mol. The number of benzene rings is 3. The average Bonchev–Trinajstić information content (AvgIpc) is 3.72. The van der Waals surface area contributed by atoms with Gasteiger partial charge in [-0.05, 0) is 65.4 Å². The number of hydrogen-bond acceptors (Lipinski definition) is 8. The molecule has 1 aliphatic rings. The number of carbonyl (C=O) groups excluding carboxylic acids is 1. The lowest BCUT2D eigenvalue weighted by Gasteiger charge is -2.19. The molecule has 53 heavy (non-hydrogen) atoms. The zero-order chi connectivity index (χ0) is 37.7. The van der Waals surface area contributed by atoms with Crippen molar-refractivity contribution in [3.8, 4) is 5.69 Å². The summed E-state index contributed by atoms with van der Waals surface area (Å²) in [6.07, 6.45) is 15.4. The Hall–Kier alpha value is -3.55. The van der Waals surface area contributed by atoms with Gasteiger partial charge in [-0.2, -0.15) is 4.68 Å². The number of carbonyl (C=O) groups is 2. The van der Waals surface area contributed by atoms with Gasteiger partial charge in [-0.3, -0.25) is 10.2 Å². The standard InChI is InChI=1S/C37H42Cl4N8O3S/c1-2-3-4-5-6-7-8-9-10-11-12-13-19-42-26-17-18-28(39)31(23-26)43-34-33(35(50)49(45-34)32-29(40)21-25(38)22-30(32)41)53-37-44-46-47-48(37)27-16-14-15-24(20-27)36(51)52/h14-18,20-23,33,42H,2-13,19H2,1H3,(H,43,45)(H,51,52). The number of nitrogens with zero attached hydrogens (tertiary/aromatic N) is 6. The predicted octanol–water partition coefficient (Wildman–Crippen LogP) is 10.8. The minimum atomic E-state index is -1.10. The summed E-state index contributed by atoms with van der Waals surface area (Å²) in [7, 11) is 0. The molecule has 1 saturated heterocycles. The third-order valence-corrected chi connectivity index (χ3v) is 10.9. The van der Waals surface area contributed by atoms with Crippen molar-refractivity contribution in [3.63, 3.8) is 0 Å². The maximum absolute atomic E-state index is 14.1. The van der Waals surface area contributed by atoms with Gasteiger partial charge in [0.1, 0.15) is 11.5 Å². The molecule has 0 saturated carbocycles. The van der Waals surface area contributed by atoms with Crippen LogP contribution in [-0.2, 0) is 4.79 Å². The van der Waals surface area contributed by atoms with Crippen LogP contribution in [0.5, 0.6) is 0 Å². The zero-order valence-electron chi connectivity index (χ0n) is 29.3. The van der Waals surface area contributed by atoms with Gasteiger partial charge in [-0.1, -0.05) is 142 Å². The summed E-state index contributed by atoms with van der Waals surface area (Å²) in [4.78, 5) is 30.6. The molecule has 5 rings (SSSR count). The number of carboxylic acids is 1. The highest BCUT2D eigenvalue weighted by atomic mass is 35.5. The highest BCUT2D eigenvalue weighted by Crippen LogP contribution is 2.40. The van der Waals surface area contributed by atoms with Gasteiger partial charge < -0.3 is 10.4 Å². The van der Waals surface area contributed by atoms with Gasteiger partial charge in [0.15, 0.2) is 5.25 Å². The van der Waals surface area contributed by atoms with Crippen LogP contribution in [0, 0.1) is 0 Å². The van der Waals surface area contributed by atoms with E-state index in [-0.39, 0.29) is 32.3 Å². The summed E-state index contributed by atoms with van der Waals surface area (Å²) >= 11 is 26.9. The molecule has 282 valence electrons. The van der Waals surface area contributed by atoms with Gasteiger partial charge in [0.25, 0.3) is 5.91 Å². The minimum absolute atomic E-state index is 0.0509. The van der Waals surface area contributed by atoms with Crippen LogP contribution in [0.4, 0.5) is 17.1 Å². The summed E-state index contributed by atoms with van der Waals surface area (Å²) in [6.45, 7) is 3.06. The summed E-state index contributed by atoms with van der Waals surface area (Å²) < 4.78 is 1.35. The van der Waals surface area contributed by atoms with Gasteiger partial charge >= 0.3 is 5.97 Å². The van der Waals surface area contributed by atoms with E-state index < -0.39 is 17.1 Å². The number of aromatic carboxylic acids is 1. The number of aliphatic imine (C=N–C) groups is 1. The molecule has 3 N–H and O–H groups in total. The van der Waals surface area contributed by atoms with E-state index in [9.17, 15) is 14.7 Å². The topological polar surface area (TPSA) is 138 Å². The Morgan fingerprint density at radius 1 is 0.887 bits per heavy atom. The third-order valence-electron chi connectivity index (χ3n) is 8.67. The van der Waals surface area contributed by atoms with Crippen molar-refractivity contribution in [1.29, 1.82) is 0 Å². The fourth-order valence-corrected chi connectivity index (χ4v) is 8.00. The Labute approximate surface area is 333 Å². The summed E-state index contributed by atoms with van der Waals surface area (Å²) in [5.74, 6) is -1.35. The van der Waals surface area contributed by atoms with E-state index in [1.54, 1.807) is 18.2 Å². The molecule has 4 aromatic rings. The van der Waals surface area contributed by atoms with Crippen molar-refractivity contribution in [2.45, 2.75) is 94.4 Å². The molecule has 11 nitrogen and oxygen atoms in total. The van der Waals surface area contributed by atoms with Gasteiger partial charge in [0, 0.05) is 17.3 Å². The van der Waals surface area contributed by atoms with E-state index in [2.05, 4.69) is 33.2 Å². The molecule has 0 radical (unpaired) electrons. The molecular weight excluding hydrogens is 778 g/mol. The van der Waals surface area contributed by atoms with Crippen molar-refractivity contribution in [2.24, 2.45) is 4.99 Å². The molecule has 1 aliphatic heterocycles. The number of aromatic nitrogens is 4. The van der Waals surface area contributed by atoms with Gasteiger partial charge in [-0.25, -0.2) is 14.8 Å². The number of hydrazine groups is 1. The van der Waals surface area contributed by atoms with Crippen LogP contribution in [0.2, 0.25) is 20.1 Å². The second kappa shape index (κ2) is 20.2. The zero-order valence-corrected chi connectivity index (χ0v) is 33.2. The number of halogens is 4. The van der Waals surface area contributed by atoms with Gasteiger partial charge in [0.05, 0.1) is 32.0 Å². The van der Waals surface area contributed by atoms with Crippen molar-refractivity contribution in [2.75, 3.05) is 16.9 Å². The maximum Gasteiger partial charge on any atom is 0.335 e. The van der Waals surface area contributed by atoms with Crippen molar-refractivity contribution >= 4 is 92.9 Å². The first-order chi connectivity index (χ1) is 25.7. The number of anilines is 2. The second-order valence-electron chi connectivity index (χ2n) is 12.7. The molecule has 16 heteroatoms. The van der Waals surface area contributed by atoms with Crippen LogP contribution >= 0.6 is 58.2 Å². The fraction of sp³-hybridized carbons (Fsp3) is 0.405. The van der Waals surface area contributed by atoms with E-state index in [0.717, 1.165) is 36.8 Å². The van der Waals surface area contributed by atoms with E-state index in [1.807, 2.05) is 12.1 Å². The molecule has 1 atom stereocenters. The number of tetrazole rings is 1. The van der Waals surface area contributed by atoms with Crippen LogP contribution in [0.3, 0.4) is 0 Å². The number of nitrogens with one attached hydrogen (secondary N) is 2. The van der Waals surface area contributed by atoms with Crippen molar-refractivity contribution in [1.82, 2.24) is 25.6 Å². The molecule has 1 fully saturated rings. The first-order valence-corrected chi connectivity index (χ1v) is 20.2. The highest BCUT2D eigenvalue weighted by Gasteiger charge is 2.42. The molecule has 0 aliphatic carbocycles. The lowest BCUT2D eigenvalue weighted by atomic mass is 10.1. The number of rotatable bonds is 20. The Bertz CT molecular complexity index is 1890. The summed E-state index contributed by atoms with van der Waals surface area (Å²) in [6, 6.07) is 14.6. The predicted molar refractivity (Wildman–Crippen MR) is 216 cm³/mol. The van der Waals surface area contributed by atoms with E-state index in [1.165, 1.54) is 98.2 Å². The Morgan fingerprint density at radius 3 is 2.21 bits per heavy atom. The Morgan fingerprint density at radius 2 is 1.55 bits per heavy atom. The number of hydrogen-bond donors (Lipinski definition) is 3. The SMILES string of the molecule is CCCCCCCCCCCCCCNc1ccc(Cl)c(N=C2NN(c3c(Cl)cc(Cl)cc3Cl)C(=O)C2Sc2nnnn2-c2cccc(C(=O)O)c2)c1. The molecule has 1 unspecified atom stereocenters. The number of amides is 1. The fourth-order valence-electron chi connectivity index (χ4n) is 5.89. The maximum atomic E-state index is 14.1.